The molecular weight excluding hydrogens is 628 g/mol. The van der Waals surface area contributed by atoms with Crippen LogP contribution < -0.4 is 28.7 Å². The second-order valence-corrected chi connectivity index (χ2v) is 12.1. The van der Waals surface area contributed by atoms with E-state index in [9.17, 15) is 4.79 Å². The van der Waals surface area contributed by atoms with Crippen LogP contribution in [0.2, 0.25) is 0 Å². The van der Waals surface area contributed by atoms with Crippen molar-refractivity contribution in [1.29, 1.82) is 0 Å². The smallest absolute Gasteiger partial charge is 0.338 e. The number of hydrogen-bond donors (Lipinski definition) is 0. The average molecular weight is 673 g/mol. The molecule has 0 radical (unpaired) electrons. The summed E-state index contributed by atoms with van der Waals surface area (Å²) < 4.78 is 29.0. The van der Waals surface area contributed by atoms with Gasteiger partial charge in [-0.15, -0.1) is 0 Å². The first-order valence-electron chi connectivity index (χ1n) is 16.9. The molecule has 1 heterocycles. The van der Waals surface area contributed by atoms with Gasteiger partial charge >= 0.3 is 5.97 Å². The number of hydrogen-bond acceptors (Lipinski definition) is 8. The standard InChI is InChI=1S/C42H44N2O6/c1-7-43(8-2)30-17-22-35-38(23-30)50-39-25-40(48-5)37(24-36(39)41(35)33-11-9-10-12-34(33)42(45)49-6)44(26-28-13-18-31(46-3)19-14-28)27-29-15-20-32(47-4)21-16-29/h9-25,41H,7-8,26-27H2,1-6H3. The second-order valence-electron chi connectivity index (χ2n) is 12.1. The third-order valence-corrected chi connectivity index (χ3v) is 9.36. The second kappa shape index (κ2) is 15.3. The largest absolute Gasteiger partial charge is 0.497 e. The molecule has 8 heteroatoms. The van der Waals surface area contributed by atoms with Crippen LogP contribution >= 0.6 is 0 Å². The molecule has 0 saturated heterocycles. The zero-order valence-corrected chi connectivity index (χ0v) is 29.6. The van der Waals surface area contributed by atoms with E-state index in [1.165, 1.54) is 7.11 Å². The lowest BCUT2D eigenvalue weighted by Crippen LogP contribution is -2.24. The summed E-state index contributed by atoms with van der Waals surface area (Å²) in [6.45, 7) is 7.22. The molecule has 1 aliphatic heterocycles. The van der Waals surface area contributed by atoms with Crippen molar-refractivity contribution >= 4 is 17.3 Å². The Morgan fingerprint density at radius 1 is 0.640 bits per heavy atom. The van der Waals surface area contributed by atoms with Crippen LogP contribution in [0, 0.1) is 0 Å². The third kappa shape index (κ3) is 6.92. The van der Waals surface area contributed by atoms with Crippen LogP contribution in [0.4, 0.5) is 11.4 Å². The topological polar surface area (TPSA) is 69.7 Å². The van der Waals surface area contributed by atoms with Gasteiger partial charge in [-0.2, -0.15) is 0 Å². The number of rotatable bonds is 13. The Hall–Kier alpha value is -5.63. The summed E-state index contributed by atoms with van der Waals surface area (Å²) in [6, 6.07) is 34.3. The number of methoxy groups -OCH3 is 4. The molecule has 0 amide bonds. The predicted octanol–water partition coefficient (Wildman–Crippen LogP) is 8.84. The molecule has 0 spiro atoms. The highest BCUT2D eigenvalue weighted by Crippen LogP contribution is 2.52. The van der Waals surface area contributed by atoms with Gasteiger partial charge in [0, 0.05) is 61.0 Å². The van der Waals surface area contributed by atoms with Gasteiger partial charge in [0.2, 0.25) is 0 Å². The molecule has 258 valence electrons. The summed E-state index contributed by atoms with van der Waals surface area (Å²) >= 11 is 0. The summed E-state index contributed by atoms with van der Waals surface area (Å²) in [6.07, 6.45) is 0. The number of carbonyl (C=O) groups is 1. The van der Waals surface area contributed by atoms with Gasteiger partial charge < -0.3 is 33.5 Å². The molecule has 1 unspecified atom stereocenters. The molecule has 8 nitrogen and oxygen atoms in total. The minimum Gasteiger partial charge on any atom is -0.497 e. The summed E-state index contributed by atoms with van der Waals surface area (Å²) in [4.78, 5) is 17.8. The molecule has 5 aromatic carbocycles. The number of anilines is 2. The molecule has 5 aromatic rings. The first-order chi connectivity index (χ1) is 24.4. The minimum absolute atomic E-state index is 0.316. The fourth-order valence-corrected chi connectivity index (χ4v) is 6.72. The average Bonchev–Trinajstić information content (AvgIpc) is 3.16. The van der Waals surface area contributed by atoms with Crippen LogP contribution in [0.1, 0.15) is 57.9 Å². The Balaban J connectivity index is 1.53. The van der Waals surface area contributed by atoms with Crippen LogP contribution in [0.15, 0.2) is 103 Å². The van der Waals surface area contributed by atoms with E-state index < -0.39 is 0 Å². The molecule has 6 rings (SSSR count). The summed E-state index contributed by atoms with van der Waals surface area (Å²) in [5.74, 6) is 2.99. The lowest BCUT2D eigenvalue weighted by atomic mass is 9.80. The number of nitrogens with zero attached hydrogens (tertiary/aromatic N) is 2. The van der Waals surface area contributed by atoms with Crippen molar-refractivity contribution in [3.05, 3.63) is 137 Å². The Bertz CT molecular complexity index is 1890. The van der Waals surface area contributed by atoms with Crippen molar-refractivity contribution in [2.24, 2.45) is 0 Å². The van der Waals surface area contributed by atoms with E-state index in [2.05, 4.69) is 72.2 Å². The maximum absolute atomic E-state index is 13.2. The third-order valence-electron chi connectivity index (χ3n) is 9.36. The molecule has 0 aliphatic carbocycles. The minimum atomic E-state index is -0.385. The lowest BCUT2D eigenvalue weighted by Gasteiger charge is -2.34. The van der Waals surface area contributed by atoms with E-state index in [1.807, 2.05) is 54.6 Å². The van der Waals surface area contributed by atoms with Crippen LogP contribution in [0.25, 0.3) is 0 Å². The van der Waals surface area contributed by atoms with Gasteiger partial charge in [-0.05, 0) is 73.0 Å². The summed E-state index contributed by atoms with van der Waals surface area (Å²) in [5.41, 5.74) is 7.43. The van der Waals surface area contributed by atoms with Crippen molar-refractivity contribution in [1.82, 2.24) is 0 Å². The maximum atomic E-state index is 13.2. The van der Waals surface area contributed by atoms with E-state index >= 15 is 0 Å². The Kier molecular flexibility index (Phi) is 10.5. The van der Waals surface area contributed by atoms with Crippen molar-refractivity contribution in [3.8, 4) is 28.7 Å². The fraction of sp³-hybridized carbons (Fsp3) is 0.262. The first kappa shape index (κ1) is 34.2. The van der Waals surface area contributed by atoms with E-state index in [4.69, 9.17) is 23.7 Å². The highest BCUT2D eigenvalue weighted by Gasteiger charge is 2.34. The van der Waals surface area contributed by atoms with Gasteiger partial charge in [0.15, 0.2) is 0 Å². The molecule has 1 aliphatic rings. The van der Waals surface area contributed by atoms with Crippen molar-refractivity contribution in [2.75, 3.05) is 51.3 Å². The van der Waals surface area contributed by atoms with Gasteiger partial charge in [-0.3, -0.25) is 0 Å². The molecule has 0 fully saturated rings. The number of esters is 1. The quantitative estimate of drug-likeness (QED) is 0.113. The first-order valence-corrected chi connectivity index (χ1v) is 16.9. The molecule has 0 N–H and O–H groups in total. The van der Waals surface area contributed by atoms with E-state index in [1.54, 1.807) is 21.3 Å². The van der Waals surface area contributed by atoms with Gasteiger partial charge in [0.05, 0.1) is 39.7 Å². The zero-order valence-electron chi connectivity index (χ0n) is 29.6. The summed E-state index contributed by atoms with van der Waals surface area (Å²) in [5, 5.41) is 0. The van der Waals surface area contributed by atoms with Crippen LogP contribution in [-0.2, 0) is 17.8 Å². The van der Waals surface area contributed by atoms with Gasteiger partial charge in [-0.25, -0.2) is 4.79 Å². The highest BCUT2D eigenvalue weighted by molar-refractivity contribution is 5.92. The number of ether oxygens (including phenoxy) is 5. The molecular formula is C42H44N2O6. The van der Waals surface area contributed by atoms with Crippen molar-refractivity contribution in [3.63, 3.8) is 0 Å². The van der Waals surface area contributed by atoms with E-state index in [0.717, 1.165) is 69.5 Å². The number of carbonyl (C=O) groups excluding carboxylic acids is 1. The van der Waals surface area contributed by atoms with Crippen LogP contribution in [0.3, 0.4) is 0 Å². The predicted molar refractivity (Wildman–Crippen MR) is 198 cm³/mol. The monoisotopic (exact) mass is 672 g/mol. The normalized spacial score (nSPS) is 13.0. The van der Waals surface area contributed by atoms with Gasteiger partial charge in [0.1, 0.15) is 28.7 Å². The van der Waals surface area contributed by atoms with Crippen molar-refractivity contribution in [2.45, 2.75) is 32.9 Å². The maximum Gasteiger partial charge on any atom is 0.338 e. The van der Waals surface area contributed by atoms with Crippen LogP contribution in [0.5, 0.6) is 28.7 Å². The van der Waals surface area contributed by atoms with Gasteiger partial charge in [0.25, 0.3) is 0 Å². The van der Waals surface area contributed by atoms with E-state index in [-0.39, 0.29) is 11.9 Å². The zero-order chi connectivity index (χ0) is 35.2. The Labute approximate surface area is 294 Å². The Morgan fingerprint density at radius 2 is 1.24 bits per heavy atom. The number of fused-ring (bicyclic) bond motifs is 2. The fourth-order valence-electron chi connectivity index (χ4n) is 6.72. The molecule has 50 heavy (non-hydrogen) atoms. The van der Waals surface area contributed by atoms with E-state index in [0.29, 0.717) is 30.2 Å². The lowest BCUT2D eigenvalue weighted by molar-refractivity contribution is 0.0599. The van der Waals surface area contributed by atoms with Crippen LogP contribution in [-0.4, -0.2) is 47.5 Å². The molecule has 0 saturated carbocycles. The number of benzene rings is 5. The van der Waals surface area contributed by atoms with Gasteiger partial charge in [-0.1, -0.05) is 48.5 Å². The van der Waals surface area contributed by atoms with Crippen molar-refractivity contribution < 1.29 is 28.5 Å². The Morgan fingerprint density at radius 3 is 1.80 bits per heavy atom. The molecule has 0 aromatic heterocycles. The highest BCUT2D eigenvalue weighted by atomic mass is 16.5. The molecule has 0 bridgehead atoms. The summed E-state index contributed by atoms with van der Waals surface area (Å²) in [7, 11) is 6.44. The SMILES string of the molecule is CCN(CC)c1ccc2c(c1)Oc1cc(OC)c(N(Cc3ccc(OC)cc3)Cc3ccc(OC)cc3)cc1C2c1ccccc1C(=O)OC. The molecule has 1 atom stereocenters.